The summed E-state index contributed by atoms with van der Waals surface area (Å²) in [7, 11) is 0. The van der Waals surface area contributed by atoms with Gasteiger partial charge >= 0.3 is 0 Å². The Morgan fingerprint density at radius 1 is 1.24 bits per heavy atom. The van der Waals surface area contributed by atoms with Crippen LogP contribution in [0.3, 0.4) is 0 Å². The molecule has 0 aromatic heterocycles. The fraction of sp³-hybridized carbons (Fsp3) is 0.462. The fourth-order valence-electron chi connectivity index (χ4n) is 2.02. The van der Waals surface area contributed by atoms with Crippen LogP contribution in [0.25, 0.3) is 0 Å². The zero-order valence-electron chi connectivity index (χ0n) is 9.67. The molecule has 1 aromatic carbocycles. The lowest BCUT2D eigenvalue weighted by Crippen LogP contribution is -2.40. The number of amides is 1. The van der Waals surface area contributed by atoms with E-state index in [4.69, 9.17) is 5.11 Å². The maximum Gasteiger partial charge on any atom is 0.226 e. The standard InChI is InChI=1S/C13H17NO3/c15-11-3-1-10(2-4-11)9-13(17)14-7-5-12(16)6-8-14/h1-4,12,15-16H,5-9H2. The summed E-state index contributed by atoms with van der Waals surface area (Å²) in [6.45, 7) is 1.27. The van der Waals surface area contributed by atoms with Crippen LogP contribution in [-0.4, -0.2) is 40.2 Å². The third-order valence-corrected chi connectivity index (χ3v) is 3.11. The first-order valence-corrected chi connectivity index (χ1v) is 5.89. The number of phenolic OH excluding ortho intramolecular Hbond substituents is 1. The van der Waals surface area contributed by atoms with Gasteiger partial charge in [-0.2, -0.15) is 0 Å². The molecule has 4 heteroatoms. The minimum absolute atomic E-state index is 0.0857. The molecule has 0 aliphatic carbocycles. The van der Waals surface area contributed by atoms with Crippen molar-refractivity contribution in [1.29, 1.82) is 0 Å². The molecule has 1 aliphatic rings. The van der Waals surface area contributed by atoms with E-state index in [1.165, 1.54) is 0 Å². The maximum absolute atomic E-state index is 11.9. The molecular weight excluding hydrogens is 218 g/mol. The lowest BCUT2D eigenvalue weighted by atomic mass is 10.1. The summed E-state index contributed by atoms with van der Waals surface area (Å²) in [5.41, 5.74) is 0.902. The smallest absolute Gasteiger partial charge is 0.226 e. The third kappa shape index (κ3) is 3.20. The van der Waals surface area contributed by atoms with Crippen LogP contribution in [0, 0.1) is 0 Å². The number of benzene rings is 1. The summed E-state index contributed by atoms with van der Waals surface area (Å²) >= 11 is 0. The first-order valence-electron chi connectivity index (χ1n) is 5.89. The minimum atomic E-state index is -0.257. The Morgan fingerprint density at radius 3 is 2.41 bits per heavy atom. The SMILES string of the molecule is O=C(Cc1ccc(O)cc1)N1CCC(O)CC1. The molecule has 92 valence electrons. The van der Waals surface area contributed by atoms with Crippen molar-refractivity contribution in [1.82, 2.24) is 4.90 Å². The fourth-order valence-corrected chi connectivity index (χ4v) is 2.02. The molecule has 0 atom stereocenters. The normalized spacial score (nSPS) is 17.1. The average molecular weight is 235 g/mol. The van der Waals surface area contributed by atoms with Crippen molar-refractivity contribution in [3.8, 4) is 5.75 Å². The molecule has 0 bridgehead atoms. The number of nitrogens with zero attached hydrogens (tertiary/aromatic N) is 1. The van der Waals surface area contributed by atoms with Gasteiger partial charge in [-0.15, -0.1) is 0 Å². The van der Waals surface area contributed by atoms with Gasteiger partial charge in [-0.05, 0) is 30.5 Å². The molecule has 2 N–H and O–H groups in total. The van der Waals surface area contributed by atoms with Gasteiger partial charge in [0.25, 0.3) is 0 Å². The maximum atomic E-state index is 11.9. The van der Waals surface area contributed by atoms with Gasteiger partial charge in [0.05, 0.1) is 12.5 Å². The number of carbonyl (C=O) groups excluding carboxylic acids is 1. The van der Waals surface area contributed by atoms with Gasteiger partial charge in [0.2, 0.25) is 5.91 Å². The Bertz CT molecular complexity index is 380. The van der Waals surface area contributed by atoms with E-state index in [0.29, 0.717) is 32.4 Å². The molecule has 0 saturated carbocycles. The van der Waals surface area contributed by atoms with Crippen LogP contribution in [0.4, 0.5) is 0 Å². The number of aliphatic hydroxyl groups is 1. The highest BCUT2D eigenvalue weighted by Crippen LogP contribution is 2.14. The van der Waals surface area contributed by atoms with Crippen LogP contribution >= 0.6 is 0 Å². The predicted octanol–water partition coefficient (Wildman–Crippen LogP) is 0.918. The van der Waals surface area contributed by atoms with Crippen LogP contribution in [-0.2, 0) is 11.2 Å². The Labute approximate surface area is 100 Å². The van der Waals surface area contributed by atoms with Crippen LogP contribution in [0.15, 0.2) is 24.3 Å². The van der Waals surface area contributed by atoms with E-state index in [0.717, 1.165) is 5.56 Å². The largest absolute Gasteiger partial charge is 0.508 e. The molecule has 17 heavy (non-hydrogen) atoms. The number of aromatic hydroxyl groups is 1. The number of hydrogen-bond donors (Lipinski definition) is 2. The molecule has 0 radical (unpaired) electrons. The first kappa shape index (κ1) is 11.9. The molecule has 1 amide bonds. The van der Waals surface area contributed by atoms with E-state index in [2.05, 4.69) is 0 Å². The molecule has 0 unspecified atom stereocenters. The molecule has 1 aromatic rings. The van der Waals surface area contributed by atoms with E-state index in [1.807, 2.05) is 0 Å². The summed E-state index contributed by atoms with van der Waals surface area (Å²) in [6.07, 6.45) is 1.44. The van der Waals surface area contributed by atoms with Gasteiger partial charge < -0.3 is 15.1 Å². The van der Waals surface area contributed by atoms with Crippen LogP contribution < -0.4 is 0 Å². The number of likely N-dealkylation sites (tertiary alicyclic amines) is 1. The van der Waals surface area contributed by atoms with Gasteiger partial charge in [-0.1, -0.05) is 12.1 Å². The Morgan fingerprint density at radius 2 is 1.82 bits per heavy atom. The highest BCUT2D eigenvalue weighted by atomic mass is 16.3. The van der Waals surface area contributed by atoms with Crippen molar-refractivity contribution in [2.45, 2.75) is 25.4 Å². The van der Waals surface area contributed by atoms with Gasteiger partial charge in [-0.25, -0.2) is 0 Å². The molecule has 1 saturated heterocycles. The van der Waals surface area contributed by atoms with Gasteiger partial charge in [-0.3, -0.25) is 4.79 Å². The molecule has 1 fully saturated rings. The summed E-state index contributed by atoms with van der Waals surface area (Å²) < 4.78 is 0. The number of carbonyl (C=O) groups is 1. The van der Waals surface area contributed by atoms with Crippen molar-refractivity contribution in [3.63, 3.8) is 0 Å². The van der Waals surface area contributed by atoms with Crippen molar-refractivity contribution in [2.75, 3.05) is 13.1 Å². The Kier molecular flexibility index (Phi) is 3.64. The van der Waals surface area contributed by atoms with E-state index < -0.39 is 0 Å². The van der Waals surface area contributed by atoms with E-state index in [9.17, 15) is 9.90 Å². The molecule has 1 heterocycles. The van der Waals surface area contributed by atoms with Crippen molar-refractivity contribution < 1.29 is 15.0 Å². The highest BCUT2D eigenvalue weighted by molar-refractivity contribution is 5.78. The van der Waals surface area contributed by atoms with Crippen LogP contribution in [0.2, 0.25) is 0 Å². The number of phenols is 1. The van der Waals surface area contributed by atoms with Crippen molar-refractivity contribution in [2.24, 2.45) is 0 Å². The van der Waals surface area contributed by atoms with E-state index in [-0.39, 0.29) is 17.8 Å². The van der Waals surface area contributed by atoms with Gasteiger partial charge in [0.1, 0.15) is 5.75 Å². The lowest BCUT2D eigenvalue weighted by molar-refractivity contribution is -0.132. The van der Waals surface area contributed by atoms with Crippen molar-refractivity contribution in [3.05, 3.63) is 29.8 Å². The predicted molar refractivity (Wildman–Crippen MR) is 63.6 cm³/mol. The number of rotatable bonds is 2. The number of aliphatic hydroxyl groups excluding tert-OH is 1. The monoisotopic (exact) mass is 235 g/mol. The molecule has 1 aliphatic heterocycles. The second-order valence-electron chi connectivity index (χ2n) is 4.46. The highest BCUT2D eigenvalue weighted by Gasteiger charge is 2.21. The van der Waals surface area contributed by atoms with Crippen molar-refractivity contribution >= 4 is 5.91 Å². The van der Waals surface area contributed by atoms with Gasteiger partial charge in [0, 0.05) is 13.1 Å². The van der Waals surface area contributed by atoms with Crippen LogP contribution in [0.5, 0.6) is 5.75 Å². The van der Waals surface area contributed by atoms with E-state index >= 15 is 0 Å². The molecular formula is C13H17NO3. The molecule has 0 spiro atoms. The molecule has 4 nitrogen and oxygen atoms in total. The topological polar surface area (TPSA) is 60.8 Å². The van der Waals surface area contributed by atoms with E-state index in [1.54, 1.807) is 29.2 Å². The summed E-state index contributed by atoms with van der Waals surface area (Å²) in [4.78, 5) is 13.7. The molecule has 2 rings (SSSR count). The Hall–Kier alpha value is -1.55. The summed E-state index contributed by atoms with van der Waals surface area (Å²) in [5.74, 6) is 0.296. The second-order valence-corrected chi connectivity index (χ2v) is 4.46. The quantitative estimate of drug-likeness (QED) is 0.801. The van der Waals surface area contributed by atoms with Gasteiger partial charge in [0.15, 0.2) is 0 Å². The number of piperidine rings is 1. The zero-order chi connectivity index (χ0) is 12.3. The summed E-state index contributed by atoms with van der Waals surface area (Å²) in [6, 6.07) is 6.68. The first-order chi connectivity index (χ1) is 8.15. The Balaban J connectivity index is 1.90. The lowest BCUT2D eigenvalue weighted by Gasteiger charge is -2.29. The zero-order valence-corrected chi connectivity index (χ0v) is 9.67. The minimum Gasteiger partial charge on any atom is -0.508 e. The average Bonchev–Trinajstić information content (AvgIpc) is 2.33. The third-order valence-electron chi connectivity index (χ3n) is 3.11. The second kappa shape index (κ2) is 5.19. The number of hydrogen-bond acceptors (Lipinski definition) is 3. The summed E-state index contributed by atoms with van der Waals surface area (Å²) in [5, 5.41) is 18.5. The van der Waals surface area contributed by atoms with Crippen LogP contribution in [0.1, 0.15) is 18.4 Å².